The molecule has 1 N–H and O–H groups in total. The van der Waals surface area contributed by atoms with Gasteiger partial charge in [-0.15, -0.1) is 0 Å². The van der Waals surface area contributed by atoms with Crippen molar-refractivity contribution in [3.63, 3.8) is 0 Å². The zero-order valence-electron chi connectivity index (χ0n) is 16.7. The fraction of sp³-hybridized carbons (Fsp3) is 0.409. The number of rotatable bonds is 4. The minimum Gasteiger partial charge on any atom is -0.370 e. The summed E-state index contributed by atoms with van der Waals surface area (Å²) < 4.78 is 72.7. The SMILES string of the molecule is O=C(Nc1cc(F)c(F)c(F)c1)c1ccc(Cl)c(S(=O)(=O)C2C3CC[C@H]2C[C@@]2(CO2)C3)c1. The molecular formula is C22H19ClF3NO4S. The second kappa shape index (κ2) is 7.46. The van der Waals surface area contributed by atoms with E-state index in [0.29, 0.717) is 31.6 Å². The van der Waals surface area contributed by atoms with Gasteiger partial charge in [-0.25, -0.2) is 21.6 Å². The lowest BCUT2D eigenvalue weighted by atomic mass is 9.81. The smallest absolute Gasteiger partial charge is 0.255 e. The van der Waals surface area contributed by atoms with Gasteiger partial charge in [-0.2, -0.15) is 0 Å². The van der Waals surface area contributed by atoms with Crippen LogP contribution in [0, 0.1) is 29.3 Å². The minimum atomic E-state index is -3.84. The van der Waals surface area contributed by atoms with Crippen molar-refractivity contribution >= 4 is 33.0 Å². The van der Waals surface area contributed by atoms with Crippen LogP contribution in [0.5, 0.6) is 0 Å². The van der Waals surface area contributed by atoms with Gasteiger partial charge in [-0.05, 0) is 55.7 Å². The lowest BCUT2D eigenvalue weighted by Crippen LogP contribution is -2.40. The van der Waals surface area contributed by atoms with Gasteiger partial charge < -0.3 is 10.1 Å². The summed E-state index contributed by atoms with van der Waals surface area (Å²) in [6.45, 7) is 0.674. The number of amides is 1. The Morgan fingerprint density at radius 1 is 1.06 bits per heavy atom. The number of epoxide rings is 1. The Morgan fingerprint density at radius 2 is 1.66 bits per heavy atom. The van der Waals surface area contributed by atoms with Crippen LogP contribution in [0.2, 0.25) is 5.02 Å². The maximum Gasteiger partial charge on any atom is 0.255 e. The number of carbonyl (C=O) groups excluding carboxylic acids is 1. The third-order valence-corrected chi connectivity index (χ3v) is 9.64. The van der Waals surface area contributed by atoms with Gasteiger partial charge in [-0.3, -0.25) is 4.79 Å². The van der Waals surface area contributed by atoms with Crippen LogP contribution in [0.4, 0.5) is 18.9 Å². The number of anilines is 1. The predicted octanol–water partition coefficient (Wildman–Crippen LogP) is 4.74. The second-order valence-corrected chi connectivity index (χ2v) is 11.3. The summed E-state index contributed by atoms with van der Waals surface area (Å²) in [7, 11) is -3.84. The topological polar surface area (TPSA) is 75.8 Å². The van der Waals surface area contributed by atoms with Crippen molar-refractivity contribution in [2.75, 3.05) is 11.9 Å². The Balaban J connectivity index is 1.43. The zero-order chi connectivity index (χ0) is 22.8. The van der Waals surface area contributed by atoms with E-state index >= 15 is 0 Å². The van der Waals surface area contributed by atoms with E-state index in [9.17, 15) is 26.4 Å². The third kappa shape index (κ3) is 3.60. The molecular weight excluding hydrogens is 467 g/mol. The molecule has 3 aliphatic rings. The first kappa shape index (κ1) is 21.7. The van der Waals surface area contributed by atoms with Crippen molar-refractivity contribution in [1.82, 2.24) is 0 Å². The number of carbonyl (C=O) groups is 1. The van der Waals surface area contributed by atoms with Crippen molar-refractivity contribution in [1.29, 1.82) is 0 Å². The molecule has 5 rings (SSSR count). The van der Waals surface area contributed by atoms with Gasteiger partial charge in [0, 0.05) is 23.4 Å². The maximum absolute atomic E-state index is 13.6. The molecule has 2 aliphatic carbocycles. The zero-order valence-corrected chi connectivity index (χ0v) is 18.3. The summed E-state index contributed by atoms with van der Waals surface area (Å²) in [4.78, 5) is 12.5. The number of fused-ring (bicyclic) bond motifs is 2. The van der Waals surface area contributed by atoms with E-state index in [2.05, 4.69) is 5.32 Å². The van der Waals surface area contributed by atoms with Crippen molar-refractivity contribution < 1.29 is 31.1 Å². The number of nitrogens with one attached hydrogen (secondary N) is 1. The molecule has 10 heteroatoms. The van der Waals surface area contributed by atoms with E-state index in [4.69, 9.17) is 16.3 Å². The van der Waals surface area contributed by atoms with Gasteiger partial charge in [0.2, 0.25) is 0 Å². The summed E-state index contributed by atoms with van der Waals surface area (Å²) in [5.74, 6) is -5.42. The lowest BCUT2D eigenvalue weighted by Gasteiger charge is -2.33. The Bertz CT molecular complexity index is 1190. The monoisotopic (exact) mass is 485 g/mol. The Hall–Kier alpha value is -2.10. The molecule has 0 radical (unpaired) electrons. The molecule has 2 bridgehead atoms. The van der Waals surface area contributed by atoms with E-state index in [1.54, 1.807) is 0 Å². The highest BCUT2D eigenvalue weighted by Gasteiger charge is 2.60. The van der Waals surface area contributed by atoms with Crippen LogP contribution in [0.1, 0.15) is 36.0 Å². The van der Waals surface area contributed by atoms with E-state index in [-0.39, 0.29) is 38.6 Å². The van der Waals surface area contributed by atoms with E-state index < -0.39 is 38.4 Å². The molecule has 1 amide bonds. The molecule has 5 nitrogen and oxygen atoms in total. The van der Waals surface area contributed by atoms with Crippen LogP contribution in [0.15, 0.2) is 35.2 Å². The molecule has 2 aromatic carbocycles. The van der Waals surface area contributed by atoms with Gasteiger partial charge >= 0.3 is 0 Å². The lowest BCUT2D eigenvalue weighted by molar-refractivity contribution is 0.102. The molecule has 1 aliphatic heterocycles. The molecule has 1 spiro atoms. The van der Waals surface area contributed by atoms with Crippen LogP contribution in [-0.4, -0.2) is 31.8 Å². The summed E-state index contributed by atoms with van der Waals surface area (Å²) in [5.41, 5.74) is -0.516. The van der Waals surface area contributed by atoms with Crippen LogP contribution < -0.4 is 5.32 Å². The van der Waals surface area contributed by atoms with Crippen LogP contribution in [0.25, 0.3) is 0 Å². The summed E-state index contributed by atoms with van der Waals surface area (Å²) in [6, 6.07) is 5.08. The van der Waals surface area contributed by atoms with E-state index in [1.807, 2.05) is 0 Å². The van der Waals surface area contributed by atoms with Gasteiger partial charge in [0.25, 0.3) is 5.91 Å². The summed E-state index contributed by atoms with van der Waals surface area (Å²) in [6.07, 6.45) is 3.01. The average molecular weight is 486 g/mol. The molecule has 2 saturated carbocycles. The van der Waals surface area contributed by atoms with Crippen molar-refractivity contribution in [3.05, 3.63) is 58.4 Å². The van der Waals surface area contributed by atoms with Crippen LogP contribution >= 0.6 is 11.6 Å². The maximum atomic E-state index is 13.6. The standard InChI is InChI=1S/C22H19ClF3NO4S/c23-15-4-3-11(21(28)27-14-6-16(24)19(26)17(25)7-14)5-18(15)32(29,30)20-12-1-2-13(20)9-22(8-12)10-31-22/h3-7,12-13,20H,1-2,8-10H2,(H,27,28)/t12-,13?,20?,22-/m0/s1. The normalized spacial score (nSPS) is 28.7. The fourth-order valence-corrected chi connectivity index (χ4v) is 8.14. The van der Waals surface area contributed by atoms with Gasteiger partial charge in [0.1, 0.15) is 0 Å². The van der Waals surface area contributed by atoms with Gasteiger partial charge in [0.15, 0.2) is 27.3 Å². The van der Waals surface area contributed by atoms with Crippen molar-refractivity contribution in [2.45, 2.75) is 41.4 Å². The number of halogens is 4. The second-order valence-electron chi connectivity index (χ2n) is 8.84. The van der Waals surface area contributed by atoms with E-state index in [1.165, 1.54) is 18.2 Å². The van der Waals surface area contributed by atoms with E-state index in [0.717, 1.165) is 12.8 Å². The Kier molecular flexibility index (Phi) is 5.07. The first-order valence-electron chi connectivity index (χ1n) is 10.2. The fourth-order valence-electron chi connectivity index (χ4n) is 5.30. The molecule has 1 heterocycles. The molecule has 4 atom stereocenters. The van der Waals surface area contributed by atoms with Crippen molar-refractivity contribution in [3.8, 4) is 0 Å². The highest BCUT2D eigenvalue weighted by atomic mass is 35.5. The molecule has 1 saturated heterocycles. The highest BCUT2D eigenvalue weighted by molar-refractivity contribution is 7.92. The quantitative estimate of drug-likeness (QED) is 0.501. The number of hydrogen-bond acceptors (Lipinski definition) is 4. The van der Waals surface area contributed by atoms with Crippen molar-refractivity contribution in [2.24, 2.45) is 11.8 Å². The summed E-state index contributed by atoms with van der Waals surface area (Å²) in [5, 5.41) is 1.67. The van der Waals surface area contributed by atoms with Gasteiger partial charge in [0.05, 0.1) is 27.4 Å². The number of benzene rings is 2. The first-order chi connectivity index (χ1) is 15.1. The number of sulfone groups is 1. The minimum absolute atomic E-state index is 0.00257. The average Bonchev–Trinajstić information content (AvgIpc) is 3.40. The van der Waals surface area contributed by atoms with Gasteiger partial charge in [-0.1, -0.05) is 11.6 Å². The Morgan fingerprint density at radius 3 is 2.22 bits per heavy atom. The molecule has 2 unspecified atom stereocenters. The molecule has 0 aromatic heterocycles. The number of hydrogen-bond donors (Lipinski definition) is 1. The Labute approximate surface area is 187 Å². The molecule has 32 heavy (non-hydrogen) atoms. The third-order valence-electron chi connectivity index (χ3n) is 6.76. The summed E-state index contributed by atoms with van der Waals surface area (Å²) >= 11 is 6.23. The first-order valence-corrected chi connectivity index (χ1v) is 12.2. The highest BCUT2D eigenvalue weighted by Crippen LogP contribution is 2.56. The largest absolute Gasteiger partial charge is 0.370 e. The van der Waals surface area contributed by atoms with Crippen LogP contribution in [-0.2, 0) is 14.6 Å². The molecule has 3 fully saturated rings. The molecule has 2 aromatic rings. The molecule has 170 valence electrons. The predicted molar refractivity (Wildman–Crippen MR) is 111 cm³/mol. The van der Waals surface area contributed by atoms with Crippen LogP contribution in [0.3, 0.4) is 0 Å². The number of ether oxygens (including phenoxy) is 1.